The molecule has 1 saturated heterocycles. The fourth-order valence-corrected chi connectivity index (χ4v) is 2.30. The number of unbranched alkanes of at least 4 members (excludes halogenated alkanes) is 1. The topological polar surface area (TPSA) is 64.4 Å². The smallest absolute Gasteiger partial charge is 0.407 e. The zero-order chi connectivity index (χ0) is 11.3. The van der Waals surface area contributed by atoms with Gasteiger partial charge in [-0.1, -0.05) is 19.8 Å². The van der Waals surface area contributed by atoms with Crippen molar-refractivity contribution in [2.75, 3.05) is 6.54 Å². The minimum absolute atomic E-state index is 0.0477. The zero-order valence-electron chi connectivity index (χ0n) is 9.28. The van der Waals surface area contributed by atoms with Crippen LogP contribution in [0.5, 0.6) is 0 Å². The van der Waals surface area contributed by atoms with Crippen LogP contribution < -0.4 is 0 Å². The normalized spacial score (nSPS) is 22.7. The molecule has 15 heavy (non-hydrogen) atoms. The number of hydrogen-bond acceptors (Lipinski definition) is 2. The van der Waals surface area contributed by atoms with Crippen molar-refractivity contribution in [2.45, 2.75) is 45.1 Å². The average molecular weight is 212 g/mol. The SMILES string of the molecule is CCCCC(C=N)C1CCCN1C(=O)O. The van der Waals surface area contributed by atoms with Crippen LogP contribution >= 0.6 is 0 Å². The summed E-state index contributed by atoms with van der Waals surface area (Å²) in [5.74, 6) is 0.114. The first-order valence-electron chi connectivity index (χ1n) is 5.70. The summed E-state index contributed by atoms with van der Waals surface area (Å²) in [5, 5.41) is 16.4. The van der Waals surface area contributed by atoms with Gasteiger partial charge in [-0.05, 0) is 19.3 Å². The van der Waals surface area contributed by atoms with E-state index >= 15 is 0 Å². The largest absolute Gasteiger partial charge is 0.465 e. The van der Waals surface area contributed by atoms with E-state index in [1.165, 1.54) is 11.1 Å². The van der Waals surface area contributed by atoms with Crippen LogP contribution in [-0.4, -0.2) is 34.9 Å². The maximum absolute atomic E-state index is 11.0. The molecule has 4 heteroatoms. The van der Waals surface area contributed by atoms with E-state index in [2.05, 4.69) is 6.92 Å². The van der Waals surface area contributed by atoms with Gasteiger partial charge in [0, 0.05) is 24.7 Å². The van der Waals surface area contributed by atoms with Crippen molar-refractivity contribution in [3.8, 4) is 0 Å². The molecule has 0 aromatic rings. The fraction of sp³-hybridized carbons (Fsp3) is 0.818. The van der Waals surface area contributed by atoms with Crippen LogP contribution in [0.2, 0.25) is 0 Å². The Morgan fingerprint density at radius 2 is 2.47 bits per heavy atom. The van der Waals surface area contributed by atoms with E-state index in [1.807, 2.05) is 0 Å². The summed E-state index contributed by atoms with van der Waals surface area (Å²) in [5.41, 5.74) is 0. The Hall–Kier alpha value is -1.06. The molecule has 0 aromatic heterocycles. The second-order valence-electron chi connectivity index (χ2n) is 4.16. The molecule has 1 heterocycles. The molecule has 0 bridgehead atoms. The van der Waals surface area contributed by atoms with Gasteiger partial charge in [0.05, 0.1) is 0 Å². The molecule has 0 aliphatic carbocycles. The van der Waals surface area contributed by atoms with Gasteiger partial charge in [0.1, 0.15) is 0 Å². The summed E-state index contributed by atoms with van der Waals surface area (Å²) in [4.78, 5) is 12.5. The van der Waals surface area contributed by atoms with Gasteiger partial charge < -0.3 is 15.4 Å². The van der Waals surface area contributed by atoms with Crippen LogP contribution in [0.25, 0.3) is 0 Å². The van der Waals surface area contributed by atoms with Crippen LogP contribution in [0.15, 0.2) is 0 Å². The van der Waals surface area contributed by atoms with Crippen molar-refractivity contribution in [1.29, 1.82) is 5.41 Å². The lowest BCUT2D eigenvalue weighted by atomic mass is 9.93. The van der Waals surface area contributed by atoms with E-state index < -0.39 is 6.09 Å². The second kappa shape index (κ2) is 5.73. The molecule has 1 aliphatic rings. The molecule has 1 aliphatic heterocycles. The number of nitrogens with zero attached hydrogens (tertiary/aromatic N) is 1. The highest BCUT2D eigenvalue weighted by molar-refractivity contribution is 5.67. The Labute approximate surface area is 90.8 Å². The van der Waals surface area contributed by atoms with Gasteiger partial charge in [-0.25, -0.2) is 4.79 Å². The summed E-state index contributed by atoms with van der Waals surface area (Å²) in [6, 6.07) is 0.0477. The van der Waals surface area contributed by atoms with Crippen LogP contribution in [-0.2, 0) is 0 Å². The van der Waals surface area contributed by atoms with Gasteiger partial charge in [-0.15, -0.1) is 0 Å². The first-order valence-corrected chi connectivity index (χ1v) is 5.70. The van der Waals surface area contributed by atoms with Gasteiger partial charge in [0.2, 0.25) is 0 Å². The molecule has 1 amide bonds. The number of nitrogens with one attached hydrogen (secondary N) is 1. The monoisotopic (exact) mass is 212 g/mol. The molecule has 1 fully saturated rings. The van der Waals surface area contributed by atoms with E-state index in [0.717, 1.165) is 32.1 Å². The third-order valence-corrected chi connectivity index (χ3v) is 3.14. The van der Waals surface area contributed by atoms with E-state index in [1.54, 1.807) is 0 Å². The number of rotatable bonds is 5. The Bertz CT molecular complexity index is 231. The molecule has 2 N–H and O–H groups in total. The highest BCUT2D eigenvalue weighted by Crippen LogP contribution is 2.26. The van der Waals surface area contributed by atoms with Gasteiger partial charge in [-0.3, -0.25) is 0 Å². The molecular weight excluding hydrogens is 192 g/mol. The highest BCUT2D eigenvalue weighted by atomic mass is 16.4. The Balaban J connectivity index is 2.57. The number of carboxylic acid groups (broad SMARTS) is 1. The van der Waals surface area contributed by atoms with Crippen molar-refractivity contribution in [1.82, 2.24) is 4.90 Å². The molecule has 0 saturated carbocycles. The standard InChI is InChI=1S/C11H20N2O2/c1-2-3-5-9(8-12)10-6-4-7-13(10)11(14)15/h8-10,12H,2-7H2,1H3,(H,14,15). The van der Waals surface area contributed by atoms with Crippen molar-refractivity contribution >= 4 is 12.3 Å². The summed E-state index contributed by atoms with van der Waals surface area (Å²) in [7, 11) is 0. The molecular formula is C11H20N2O2. The molecule has 86 valence electrons. The Kier molecular flexibility index (Phi) is 4.59. The lowest BCUT2D eigenvalue weighted by molar-refractivity contribution is 0.132. The van der Waals surface area contributed by atoms with Gasteiger partial charge >= 0.3 is 6.09 Å². The number of amides is 1. The quantitative estimate of drug-likeness (QED) is 0.688. The molecule has 1 rings (SSSR count). The van der Waals surface area contributed by atoms with Crippen molar-refractivity contribution in [2.24, 2.45) is 5.92 Å². The first kappa shape index (κ1) is 12.0. The Morgan fingerprint density at radius 3 is 3.00 bits per heavy atom. The first-order chi connectivity index (χ1) is 7.20. The number of likely N-dealkylation sites (tertiary alicyclic amines) is 1. The molecule has 0 spiro atoms. The van der Waals surface area contributed by atoms with E-state index in [9.17, 15) is 4.79 Å². The van der Waals surface area contributed by atoms with E-state index in [0.29, 0.717) is 6.54 Å². The predicted octanol–water partition coefficient (Wildman–Crippen LogP) is 2.58. The highest BCUT2D eigenvalue weighted by Gasteiger charge is 2.33. The van der Waals surface area contributed by atoms with Gasteiger partial charge in [0.15, 0.2) is 0 Å². The maximum atomic E-state index is 11.0. The number of hydrogen-bond donors (Lipinski definition) is 2. The van der Waals surface area contributed by atoms with E-state index in [-0.39, 0.29) is 12.0 Å². The molecule has 2 atom stereocenters. The molecule has 0 aromatic carbocycles. The molecule has 4 nitrogen and oxygen atoms in total. The lowest BCUT2D eigenvalue weighted by Gasteiger charge is -2.27. The molecule has 0 radical (unpaired) electrons. The predicted molar refractivity (Wildman–Crippen MR) is 59.6 cm³/mol. The van der Waals surface area contributed by atoms with Gasteiger partial charge in [0.25, 0.3) is 0 Å². The van der Waals surface area contributed by atoms with Crippen molar-refractivity contribution in [3.05, 3.63) is 0 Å². The third-order valence-electron chi connectivity index (χ3n) is 3.14. The van der Waals surface area contributed by atoms with Crippen LogP contribution in [0.1, 0.15) is 39.0 Å². The molecule has 2 unspecified atom stereocenters. The average Bonchev–Trinajstić information content (AvgIpc) is 2.68. The van der Waals surface area contributed by atoms with Crippen LogP contribution in [0, 0.1) is 11.3 Å². The van der Waals surface area contributed by atoms with Crippen molar-refractivity contribution in [3.63, 3.8) is 0 Å². The maximum Gasteiger partial charge on any atom is 0.407 e. The summed E-state index contributed by atoms with van der Waals surface area (Å²) in [6.45, 7) is 2.75. The Morgan fingerprint density at radius 1 is 1.73 bits per heavy atom. The second-order valence-corrected chi connectivity index (χ2v) is 4.16. The lowest BCUT2D eigenvalue weighted by Crippen LogP contribution is -2.39. The van der Waals surface area contributed by atoms with Crippen molar-refractivity contribution < 1.29 is 9.90 Å². The van der Waals surface area contributed by atoms with E-state index in [4.69, 9.17) is 10.5 Å². The van der Waals surface area contributed by atoms with Crippen LogP contribution in [0.3, 0.4) is 0 Å². The van der Waals surface area contributed by atoms with Crippen LogP contribution in [0.4, 0.5) is 4.79 Å². The summed E-state index contributed by atoms with van der Waals surface area (Å²) >= 11 is 0. The zero-order valence-corrected chi connectivity index (χ0v) is 9.28. The minimum Gasteiger partial charge on any atom is -0.465 e. The minimum atomic E-state index is -0.833. The third kappa shape index (κ3) is 2.94. The summed E-state index contributed by atoms with van der Waals surface area (Å²) < 4.78 is 0. The number of carbonyl (C=O) groups is 1. The summed E-state index contributed by atoms with van der Waals surface area (Å²) in [6.07, 6.45) is 5.56. The van der Waals surface area contributed by atoms with Gasteiger partial charge in [-0.2, -0.15) is 0 Å². The fourth-order valence-electron chi connectivity index (χ4n) is 2.30.